The van der Waals surface area contributed by atoms with Crippen LogP contribution in [0.5, 0.6) is 0 Å². The van der Waals surface area contributed by atoms with Crippen molar-refractivity contribution in [3.63, 3.8) is 0 Å². The highest BCUT2D eigenvalue weighted by atomic mass is 16.2. The average molecular weight is 299 g/mol. The third-order valence-corrected chi connectivity index (χ3v) is 3.93. The second-order valence-corrected chi connectivity index (χ2v) is 5.76. The number of nitrogens with one attached hydrogen (secondary N) is 1. The van der Waals surface area contributed by atoms with Gasteiger partial charge in [-0.15, -0.1) is 10.2 Å². The van der Waals surface area contributed by atoms with Gasteiger partial charge < -0.3 is 15.6 Å². The number of aryl methyl sites for hydroxylation is 1. The number of rotatable bonds is 3. The standard InChI is InChI=1S/C16H21N5O/c1-11(17)16(22)18-13-8-6-12(7-9-13)15-20-19-14-5-3-2-4-10-21(14)15/h6-9,11H,2-5,10,17H2,1H3,(H,18,22). The van der Waals surface area contributed by atoms with Gasteiger partial charge in [0.2, 0.25) is 5.91 Å². The molecule has 1 unspecified atom stereocenters. The number of benzene rings is 1. The van der Waals surface area contributed by atoms with Gasteiger partial charge in [-0.05, 0) is 44.0 Å². The lowest BCUT2D eigenvalue weighted by Crippen LogP contribution is -2.32. The van der Waals surface area contributed by atoms with E-state index < -0.39 is 6.04 Å². The summed E-state index contributed by atoms with van der Waals surface area (Å²) in [6, 6.07) is 7.13. The molecule has 1 amide bonds. The maximum Gasteiger partial charge on any atom is 0.240 e. The Balaban J connectivity index is 1.81. The van der Waals surface area contributed by atoms with Crippen molar-refractivity contribution >= 4 is 11.6 Å². The van der Waals surface area contributed by atoms with E-state index in [2.05, 4.69) is 20.1 Å². The summed E-state index contributed by atoms with van der Waals surface area (Å²) in [4.78, 5) is 11.6. The normalized spacial score (nSPS) is 15.7. The van der Waals surface area contributed by atoms with Crippen LogP contribution in [0.15, 0.2) is 24.3 Å². The Labute approximate surface area is 129 Å². The van der Waals surface area contributed by atoms with Gasteiger partial charge in [-0.1, -0.05) is 6.42 Å². The second kappa shape index (κ2) is 6.27. The lowest BCUT2D eigenvalue weighted by atomic mass is 10.2. The first-order valence-electron chi connectivity index (χ1n) is 7.74. The molecule has 6 heteroatoms. The first kappa shape index (κ1) is 14.7. The SMILES string of the molecule is CC(N)C(=O)Nc1ccc(-c2nnc3n2CCCCC3)cc1. The van der Waals surface area contributed by atoms with Crippen LogP contribution in [0.25, 0.3) is 11.4 Å². The number of amides is 1. The Morgan fingerprint density at radius 2 is 2.00 bits per heavy atom. The fraction of sp³-hybridized carbons (Fsp3) is 0.438. The molecule has 1 aromatic carbocycles. The van der Waals surface area contributed by atoms with Crippen molar-refractivity contribution in [3.05, 3.63) is 30.1 Å². The molecule has 22 heavy (non-hydrogen) atoms. The largest absolute Gasteiger partial charge is 0.325 e. The molecule has 2 aromatic rings. The van der Waals surface area contributed by atoms with Gasteiger partial charge in [0.05, 0.1) is 6.04 Å². The minimum atomic E-state index is -0.521. The maximum absolute atomic E-state index is 11.6. The molecule has 0 radical (unpaired) electrons. The van der Waals surface area contributed by atoms with Crippen LogP contribution in [0.2, 0.25) is 0 Å². The quantitative estimate of drug-likeness (QED) is 0.907. The molecule has 0 aliphatic carbocycles. The van der Waals surface area contributed by atoms with E-state index in [-0.39, 0.29) is 5.91 Å². The molecule has 0 bridgehead atoms. The highest BCUT2D eigenvalue weighted by Gasteiger charge is 2.16. The van der Waals surface area contributed by atoms with E-state index in [9.17, 15) is 4.79 Å². The zero-order valence-corrected chi connectivity index (χ0v) is 12.7. The van der Waals surface area contributed by atoms with Crippen molar-refractivity contribution in [2.75, 3.05) is 5.32 Å². The van der Waals surface area contributed by atoms with Gasteiger partial charge >= 0.3 is 0 Å². The zero-order chi connectivity index (χ0) is 15.5. The molecular weight excluding hydrogens is 278 g/mol. The Kier molecular flexibility index (Phi) is 4.20. The monoisotopic (exact) mass is 299 g/mol. The third kappa shape index (κ3) is 3.01. The Morgan fingerprint density at radius 1 is 1.23 bits per heavy atom. The van der Waals surface area contributed by atoms with E-state index in [1.165, 1.54) is 19.3 Å². The number of carbonyl (C=O) groups is 1. The van der Waals surface area contributed by atoms with E-state index in [1.807, 2.05) is 24.3 Å². The molecule has 0 saturated heterocycles. The fourth-order valence-electron chi connectivity index (χ4n) is 2.66. The van der Waals surface area contributed by atoms with Crippen molar-refractivity contribution in [1.29, 1.82) is 0 Å². The molecule has 0 spiro atoms. The summed E-state index contributed by atoms with van der Waals surface area (Å²) in [5.41, 5.74) is 7.30. The summed E-state index contributed by atoms with van der Waals surface area (Å²) in [6.45, 7) is 2.63. The van der Waals surface area contributed by atoms with Crippen LogP contribution in [-0.2, 0) is 17.8 Å². The van der Waals surface area contributed by atoms with Gasteiger partial charge in [-0.3, -0.25) is 4.79 Å². The molecule has 116 valence electrons. The minimum Gasteiger partial charge on any atom is -0.325 e. The smallest absolute Gasteiger partial charge is 0.240 e. The summed E-state index contributed by atoms with van der Waals surface area (Å²) in [6.07, 6.45) is 4.58. The highest BCUT2D eigenvalue weighted by Crippen LogP contribution is 2.23. The predicted octanol–water partition coefficient (Wildman–Crippen LogP) is 1.96. The van der Waals surface area contributed by atoms with Crippen molar-refractivity contribution < 1.29 is 4.79 Å². The van der Waals surface area contributed by atoms with Gasteiger partial charge in [-0.2, -0.15) is 0 Å². The summed E-state index contributed by atoms with van der Waals surface area (Å²) >= 11 is 0. The molecule has 1 atom stereocenters. The highest BCUT2D eigenvalue weighted by molar-refractivity contribution is 5.94. The number of hydrogen-bond acceptors (Lipinski definition) is 4. The fourth-order valence-corrected chi connectivity index (χ4v) is 2.66. The van der Waals surface area contributed by atoms with Crippen LogP contribution in [0.3, 0.4) is 0 Å². The van der Waals surface area contributed by atoms with Gasteiger partial charge in [0.1, 0.15) is 5.82 Å². The summed E-state index contributed by atoms with van der Waals surface area (Å²) in [5.74, 6) is 1.79. The maximum atomic E-state index is 11.6. The van der Waals surface area contributed by atoms with Gasteiger partial charge in [0.25, 0.3) is 0 Å². The summed E-state index contributed by atoms with van der Waals surface area (Å²) < 4.78 is 2.21. The zero-order valence-electron chi connectivity index (χ0n) is 12.7. The van der Waals surface area contributed by atoms with Crippen LogP contribution < -0.4 is 11.1 Å². The number of nitrogens with zero attached hydrogens (tertiary/aromatic N) is 3. The molecule has 0 saturated carbocycles. The van der Waals surface area contributed by atoms with Gasteiger partial charge in [-0.25, -0.2) is 0 Å². The molecular formula is C16H21N5O. The molecule has 1 aliphatic rings. The number of fused-ring (bicyclic) bond motifs is 1. The Hall–Kier alpha value is -2.21. The molecule has 0 fully saturated rings. The summed E-state index contributed by atoms with van der Waals surface area (Å²) in [7, 11) is 0. The van der Waals surface area contributed by atoms with Crippen molar-refractivity contribution in [1.82, 2.24) is 14.8 Å². The average Bonchev–Trinajstić information content (AvgIpc) is 2.76. The van der Waals surface area contributed by atoms with Crippen LogP contribution in [-0.4, -0.2) is 26.7 Å². The Morgan fingerprint density at radius 3 is 2.73 bits per heavy atom. The minimum absolute atomic E-state index is 0.191. The van der Waals surface area contributed by atoms with Gasteiger partial charge in [0.15, 0.2) is 5.82 Å². The van der Waals surface area contributed by atoms with Gasteiger partial charge in [0, 0.05) is 24.2 Å². The van der Waals surface area contributed by atoms with Crippen LogP contribution in [0.4, 0.5) is 5.69 Å². The molecule has 3 N–H and O–H groups in total. The number of anilines is 1. The second-order valence-electron chi connectivity index (χ2n) is 5.76. The molecule has 2 heterocycles. The molecule has 6 nitrogen and oxygen atoms in total. The van der Waals surface area contributed by atoms with Crippen LogP contribution in [0.1, 0.15) is 32.0 Å². The lowest BCUT2D eigenvalue weighted by Gasteiger charge is -2.09. The van der Waals surface area contributed by atoms with E-state index >= 15 is 0 Å². The van der Waals surface area contributed by atoms with E-state index in [4.69, 9.17) is 5.73 Å². The molecule has 1 aliphatic heterocycles. The first-order chi connectivity index (χ1) is 10.6. The Bertz CT molecular complexity index is 660. The van der Waals surface area contributed by atoms with E-state index in [0.29, 0.717) is 0 Å². The van der Waals surface area contributed by atoms with Crippen LogP contribution >= 0.6 is 0 Å². The topological polar surface area (TPSA) is 85.8 Å². The summed E-state index contributed by atoms with van der Waals surface area (Å²) in [5, 5.41) is 11.4. The number of carbonyl (C=O) groups excluding carboxylic acids is 1. The number of hydrogen-bond donors (Lipinski definition) is 2. The number of aromatic nitrogens is 3. The van der Waals surface area contributed by atoms with E-state index in [1.54, 1.807) is 6.92 Å². The lowest BCUT2D eigenvalue weighted by molar-refractivity contribution is -0.117. The van der Waals surface area contributed by atoms with Crippen molar-refractivity contribution in [3.8, 4) is 11.4 Å². The third-order valence-electron chi connectivity index (χ3n) is 3.93. The van der Waals surface area contributed by atoms with Crippen molar-refractivity contribution in [2.24, 2.45) is 5.73 Å². The first-order valence-corrected chi connectivity index (χ1v) is 7.74. The molecule has 1 aromatic heterocycles. The van der Waals surface area contributed by atoms with Crippen molar-refractivity contribution in [2.45, 2.75) is 45.2 Å². The predicted molar refractivity (Wildman–Crippen MR) is 85.3 cm³/mol. The number of nitrogens with two attached hydrogens (primary N) is 1. The van der Waals surface area contributed by atoms with Crippen LogP contribution in [0, 0.1) is 0 Å². The molecule has 3 rings (SSSR count). The van der Waals surface area contributed by atoms with E-state index in [0.717, 1.165) is 35.9 Å².